The second-order valence-corrected chi connectivity index (χ2v) is 6.17. The first-order valence-corrected chi connectivity index (χ1v) is 8.32. The molecule has 2 aliphatic rings. The fourth-order valence-electron chi connectivity index (χ4n) is 3.88. The summed E-state index contributed by atoms with van der Waals surface area (Å²) in [6.07, 6.45) is 9.82. The lowest BCUT2D eigenvalue weighted by molar-refractivity contribution is -0.00828. The number of nitrogens with zero attached hydrogens (tertiary/aromatic N) is 1. The molecule has 0 radical (unpaired) electrons. The van der Waals surface area contributed by atoms with E-state index in [0.717, 1.165) is 32.6 Å². The smallest absolute Gasteiger partial charge is 0.0583 e. The summed E-state index contributed by atoms with van der Waals surface area (Å²) in [6, 6.07) is 0.630. The van der Waals surface area contributed by atoms with Crippen molar-refractivity contribution in [3.63, 3.8) is 0 Å². The van der Waals surface area contributed by atoms with Crippen LogP contribution in [0.25, 0.3) is 0 Å². The van der Waals surface area contributed by atoms with Gasteiger partial charge >= 0.3 is 0 Å². The Morgan fingerprint density at radius 2 is 1.89 bits per heavy atom. The van der Waals surface area contributed by atoms with Gasteiger partial charge in [-0.1, -0.05) is 19.3 Å². The Hall–Kier alpha value is -0.120. The molecular weight excluding hydrogens is 238 g/mol. The zero-order valence-electron chi connectivity index (χ0n) is 12.5. The van der Waals surface area contributed by atoms with Gasteiger partial charge in [-0.25, -0.2) is 0 Å². The Bertz CT molecular complexity index is 247. The van der Waals surface area contributed by atoms with Gasteiger partial charge in [0, 0.05) is 31.7 Å². The van der Waals surface area contributed by atoms with Gasteiger partial charge in [-0.3, -0.25) is 4.90 Å². The fourth-order valence-corrected chi connectivity index (χ4v) is 3.88. The van der Waals surface area contributed by atoms with Crippen LogP contribution in [0, 0.1) is 5.92 Å². The summed E-state index contributed by atoms with van der Waals surface area (Å²) >= 11 is 0. The molecule has 3 atom stereocenters. The highest BCUT2D eigenvalue weighted by molar-refractivity contribution is 4.88. The molecule has 2 rings (SSSR count). The number of likely N-dealkylation sites (tertiary alicyclic amines) is 1. The van der Waals surface area contributed by atoms with E-state index in [0.29, 0.717) is 12.0 Å². The molecule has 1 aliphatic carbocycles. The van der Waals surface area contributed by atoms with Crippen LogP contribution in [0.2, 0.25) is 0 Å². The van der Waals surface area contributed by atoms with Gasteiger partial charge in [-0.2, -0.15) is 0 Å². The lowest BCUT2D eigenvalue weighted by Gasteiger charge is -2.43. The maximum atomic E-state index is 10.3. The molecule has 1 saturated carbocycles. The molecule has 0 bridgehead atoms. The molecule has 1 heterocycles. The summed E-state index contributed by atoms with van der Waals surface area (Å²) < 4.78 is 5.45. The van der Waals surface area contributed by atoms with Crippen LogP contribution in [0.5, 0.6) is 0 Å². The van der Waals surface area contributed by atoms with E-state index < -0.39 is 0 Å². The van der Waals surface area contributed by atoms with E-state index in [1.54, 1.807) is 0 Å². The number of hydrogen-bond acceptors (Lipinski definition) is 3. The zero-order chi connectivity index (χ0) is 13.5. The first-order valence-electron chi connectivity index (χ1n) is 8.32. The van der Waals surface area contributed by atoms with Gasteiger partial charge in [0.15, 0.2) is 0 Å². The Labute approximate surface area is 118 Å². The molecule has 1 saturated heterocycles. The Kier molecular flexibility index (Phi) is 6.62. The maximum absolute atomic E-state index is 10.3. The molecule has 1 N–H and O–H groups in total. The molecule has 3 unspecified atom stereocenters. The molecule has 0 aromatic carbocycles. The molecule has 1 aliphatic heterocycles. The number of piperidine rings is 1. The van der Waals surface area contributed by atoms with Crippen LogP contribution >= 0.6 is 0 Å². The van der Waals surface area contributed by atoms with Crippen LogP contribution in [0.15, 0.2) is 0 Å². The van der Waals surface area contributed by atoms with Crippen molar-refractivity contribution in [2.24, 2.45) is 5.92 Å². The van der Waals surface area contributed by atoms with Crippen LogP contribution in [0.4, 0.5) is 0 Å². The van der Waals surface area contributed by atoms with Crippen molar-refractivity contribution in [3.05, 3.63) is 0 Å². The minimum atomic E-state index is -0.0498. The summed E-state index contributed by atoms with van der Waals surface area (Å²) in [5.41, 5.74) is 0. The number of aliphatic hydroxyl groups excluding tert-OH is 1. The first kappa shape index (κ1) is 15.3. The summed E-state index contributed by atoms with van der Waals surface area (Å²) in [5, 5.41) is 10.3. The quantitative estimate of drug-likeness (QED) is 0.753. The topological polar surface area (TPSA) is 32.7 Å². The molecule has 3 heteroatoms. The predicted octanol–water partition coefficient (Wildman–Crippen LogP) is 2.82. The average Bonchev–Trinajstić information content (AvgIpc) is 2.45. The van der Waals surface area contributed by atoms with Gasteiger partial charge in [0.2, 0.25) is 0 Å². The highest BCUT2D eigenvalue weighted by Gasteiger charge is 2.35. The third kappa shape index (κ3) is 4.44. The molecule has 112 valence electrons. The van der Waals surface area contributed by atoms with E-state index in [4.69, 9.17) is 4.74 Å². The van der Waals surface area contributed by atoms with Crippen molar-refractivity contribution in [1.82, 2.24) is 4.90 Å². The van der Waals surface area contributed by atoms with E-state index in [1.807, 2.05) is 0 Å². The van der Waals surface area contributed by atoms with Gasteiger partial charge in [0.1, 0.15) is 0 Å². The van der Waals surface area contributed by atoms with Crippen molar-refractivity contribution in [2.45, 2.75) is 70.4 Å². The SMILES string of the molecule is CCOCCCN1CCCCC1C1CCCCC1O. The molecule has 2 fully saturated rings. The van der Waals surface area contributed by atoms with Crippen LogP contribution in [-0.4, -0.2) is 48.5 Å². The summed E-state index contributed by atoms with van der Waals surface area (Å²) in [6.45, 7) is 6.13. The lowest BCUT2D eigenvalue weighted by Crippen LogP contribution is -2.49. The average molecular weight is 269 g/mol. The van der Waals surface area contributed by atoms with Crippen LogP contribution in [0.1, 0.15) is 58.3 Å². The zero-order valence-corrected chi connectivity index (χ0v) is 12.5. The summed E-state index contributed by atoms with van der Waals surface area (Å²) in [7, 11) is 0. The monoisotopic (exact) mass is 269 g/mol. The van der Waals surface area contributed by atoms with E-state index in [-0.39, 0.29) is 6.10 Å². The van der Waals surface area contributed by atoms with Crippen molar-refractivity contribution in [1.29, 1.82) is 0 Å². The molecular formula is C16H31NO2. The highest BCUT2D eigenvalue weighted by Crippen LogP contribution is 2.34. The van der Waals surface area contributed by atoms with E-state index >= 15 is 0 Å². The highest BCUT2D eigenvalue weighted by atomic mass is 16.5. The Morgan fingerprint density at radius 1 is 1.11 bits per heavy atom. The molecule has 0 spiro atoms. The normalized spacial score (nSPS) is 33.5. The van der Waals surface area contributed by atoms with E-state index in [2.05, 4.69) is 11.8 Å². The van der Waals surface area contributed by atoms with Crippen molar-refractivity contribution in [2.75, 3.05) is 26.3 Å². The fraction of sp³-hybridized carbons (Fsp3) is 1.00. The van der Waals surface area contributed by atoms with Crippen molar-refractivity contribution in [3.8, 4) is 0 Å². The predicted molar refractivity (Wildman–Crippen MR) is 78.3 cm³/mol. The summed E-state index contributed by atoms with van der Waals surface area (Å²) in [5.74, 6) is 0.529. The third-order valence-corrected chi connectivity index (χ3v) is 4.88. The van der Waals surface area contributed by atoms with Gasteiger partial charge in [-0.05, 0) is 45.6 Å². The molecule has 0 aromatic rings. The second-order valence-electron chi connectivity index (χ2n) is 6.17. The van der Waals surface area contributed by atoms with Gasteiger partial charge in [-0.15, -0.1) is 0 Å². The second kappa shape index (κ2) is 8.23. The van der Waals surface area contributed by atoms with E-state index in [1.165, 1.54) is 45.1 Å². The standard InChI is InChI=1S/C16H31NO2/c1-2-19-13-7-12-17-11-6-5-9-15(17)14-8-3-4-10-16(14)18/h14-16,18H,2-13H2,1H3. The minimum Gasteiger partial charge on any atom is -0.393 e. The van der Waals surface area contributed by atoms with Crippen LogP contribution in [0.3, 0.4) is 0 Å². The van der Waals surface area contributed by atoms with Crippen molar-refractivity contribution < 1.29 is 9.84 Å². The van der Waals surface area contributed by atoms with Gasteiger partial charge in [0.25, 0.3) is 0 Å². The Morgan fingerprint density at radius 3 is 2.68 bits per heavy atom. The number of ether oxygens (including phenoxy) is 1. The molecule has 0 aromatic heterocycles. The maximum Gasteiger partial charge on any atom is 0.0583 e. The van der Waals surface area contributed by atoms with Gasteiger partial charge in [0.05, 0.1) is 6.10 Å². The molecule has 3 nitrogen and oxygen atoms in total. The number of rotatable bonds is 6. The first-order chi connectivity index (χ1) is 9.33. The molecule has 0 amide bonds. The van der Waals surface area contributed by atoms with Crippen molar-refractivity contribution >= 4 is 0 Å². The number of hydrogen-bond donors (Lipinski definition) is 1. The third-order valence-electron chi connectivity index (χ3n) is 4.88. The van der Waals surface area contributed by atoms with E-state index in [9.17, 15) is 5.11 Å². The largest absolute Gasteiger partial charge is 0.393 e. The lowest BCUT2D eigenvalue weighted by atomic mass is 9.78. The summed E-state index contributed by atoms with van der Waals surface area (Å²) in [4.78, 5) is 2.64. The molecule has 19 heavy (non-hydrogen) atoms. The van der Waals surface area contributed by atoms with Crippen LogP contribution in [-0.2, 0) is 4.74 Å². The number of aliphatic hydroxyl groups is 1. The van der Waals surface area contributed by atoms with Crippen LogP contribution < -0.4 is 0 Å². The Balaban J connectivity index is 1.84. The van der Waals surface area contributed by atoms with Gasteiger partial charge < -0.3 is 9.84 Å². The minimum absolute atomic E-state index is 0.0498.